The minimum atomic E-state index is -0.597. The van der Waals surface area contributed by atoms with Gasteiger partial charge in [0.05, 0.1) is 12.1 Å². The van der Waals surface area contributed by atoms with Crippen molar-refractivity contribution in [2.75, 3.05) is 0 Å². The molecule has 0 radical (unpaired) electrons. The van der Waals surface area contributed by atoms with Gasteiger partial charge in [-0.3, -0.25) is 0 Å². The van der Waals surface area contributed by atoms with Gasteiger partial charge in [0.15, 0.2) is 0 Å². The Kier molecular flexibility index (Phi) is 4.27. The Labute approximate surface area is 133 Å². The first-order valence-electron chi connectivity index (χ1n) is 7.04. The van der Waals surface area contributed by atoms with Crippen LogP contribution >= 0.6 is 11.6 Å². The lowest BCUT2D eigenvalue weighted by Gasteiger charge is -2.18. The maximum Gasteiger partial charge on any atom is 0.315 e. The van der Waals surface area contributed by atoms with E-state index in [2.05, 4.69) is 15.6 Å². The van der Waals surface area contributed by atoms with Crippen LogP contribution in [-0.4, -0.2) is 22.2 Å². The van der Waals surface area contributed by atoms with Crippen molar-refractivity contribution < 1.29 is 9.90 Å². The first-order chi connectivity index (χ1) is 10.6. The molecule has 0 unspecified atom stereocenters. The fourth-order valence-electron chi connectivity index (χ4n) is 2.63. The number of aromatic nitrogens is 1. The van der Waals surface area contributed by atoms with Crippen LogP contribution in [0.5, 0.6) is 0 Å². The molecule has 2 atom stereocenters. The topological polar surface area (TPSA) is 74.2 Å². The molecule has 3 rings (SSSR count). The van der Waals surface area contributed by atoms with Crippen LogP contribution in [0.15, 0.2) is 42.6 Å². The number of carbonyl (C=O) groups excluding carboxylic acids is 1. The molecule has 3 N–H and O–H groups in total. The molecule has 0 fully saturated rings. The maximum atomic E-state index is 12.0. The molecule has 0 aliphatic heterocycles. The van der Waals surface area contributed by atoms with Crippen molar-refractivity contribution in [2.24, 2.45) is 0 Å². The Morgan fingerprint density at radius 3 is 2.91 bits per heavy atom. The summed E-state index contributed by atoms with van der Waals surface area (Å²) in [5.41, 5.74) is 2.90. The van der Waals surface area contributed by atoms with Crippen LogP contribution in [0.25, 0.3) is 0 Å². The summed E-state index contributed by atoms with van der Waals surface area (Å²) in [5.74, 6) is 0. The summed E-state index contributed by atoms with van der Waals surface area (Å²) in [5, 5.41) is 16.1. The molecule has 1 aromatic heterocycles. The van der Waals surface area contributed by atoms with E-state index in [1.165, 1.54) is 0 Å². The van der Waals surface area contributed by atoms with E-state index in [4.69, 9.17) is 11.6 Å². The summed E-state index contributed by atoms with van der Waals surface area (Å²) in [4.78, 5) is 16.0. The average molecular weight is 318 g/mol. The van der Waals surface area contributed by atoms with Gasteiger partial charge in [-0.15, -0.1) is 0 Å². The van der Waals surface area contributed by atoms with Crippen LogP contribution in [0, 0.1) is 0 Å². The number of nitrogens with zero attached hydrogens (tertiary/aromatic N) is 1. The molecule has 6 heteroatoms. The highest BCUT2D eigenvalue weighted by atomic mass is 35.5. The molecule has 0 bridgehead atoms. The summed E-state index contributed by atoms with van der Waals surface area (Å²) in [6.07, 6.45) is 1.57. The number of hydrogen-bond acceptors (Lipinski definition) is 3. The molecule has 1 aliphatic carbocycles. The molecule has 5 nitrogen and oxygen atoms in total. The minimum Gasteiger partial charge on any atom is -0.390 e. The Morgan fingerprint density at radius 1 is 1.32 bits per heavy atom. The highest BCUT2D eigenvalue weighted by Crippen LogP contribution is 2.30. The second kappa shape index (κ2) is 6.34. The van der Waals surface area contributed by atoms with Crippen molar-refractivity contribution in [1.29, 1.82) is 0 Å². The number of aliphatic hydroxyl groups is 1. The molecule has 0 saturated heterocycles. The fraction of sp³-hybridized carbons (Fsp3) is 0.250. The highest BCUT2D eigenvalue weighted by molar-refractivity contribution is 6.29. The molecular formula is C16H16ClN3O2. The van der Waals surface area contributed by atoms with Crippen molar-refractivity contribution in [3.63, 3.8) is 0 Å². The molecule has 114 valence electrons. The van der Waals surface area contributed by atoms with Crippen LogP contribution in [-0.2, 0) is 13.0 Å². The first-order valence-corrected chi connectivity index (χ1v) is 7.42. The molecule has 0 saturated carbocycles. The number of hydrogen-bond donors (Lipinski definition) is 3. The van der Waals surface area contributed by atoms with Crippen molar-refractivity contribution >= 4 is 17.6 Å². The molecule has 2 amide bonds. The molecule has 22 heavy (non-hydrogen) atoms. The highest BCUT2D eigenvalue weighted by Gasteiger charge is 2.31. The second-order valence-electron chi connectivity index (χ2n) is 5.26. The average Bonchev–Trinajstić information content (AvgIpc) is 2.83. The van der Waals surface area contributed by atoms with Gasteiger partial charge in [-0.1, -0.05) is 41.9 Å². The Morgan fingerprint density at radius 2 is 2.14 bits per heavy atom. The number of fused-ring (bicyclic) bond motifs is 1. The molecule has 1 aromatic carbocycles. The maximum absolute atomic E-state index is 12.0. The quantitative estimate of drug-likeness (QED) is 0.760. The summed E-state index contributed by atoms with van der Waals surface area (Å²) in [6, 6.07) is 10.5. The number of nitrogens with one attached hydrogen (secondary N) is 2. The van der Waals surface area contributed by atoms with E-state index >= 15 is 0 Å². The van der Waals surface area contributed by atoms with Gasteiger partial charge in [0, 0.05) is 19.2 Å². The third kappa shape index (κ3) is 3.21. The van der Waals surface area contributed by atoms with E-state index in [9.17, 15) is 9.90 Å². The Balaban J connectivity index is 1.59. The van der Waals surface area contributed by atoms with Crippen molar-refractivity contribution in [1.82, 2.24) is 15.6 Å². The third-order valence-corrected chi connectivity index (χ3v) is 3.96. The van der Waals surface area contributed by atoms with E-state index in [1.54, 1.807) is 18.3 Å². The van der Waals surface area contributed by atoms with E-state index in [0.29, 0.717) is 18.1 Å². The zero-order valence-electron chi connectivity index (χ0n) is 11.8. The van der Waals surface area contributed by atoms with Crippen LogP contribution in [0.4, 0.5) is 4.79 Å². The second-order valence-corrected chi connectivity index (χ2v) is 5.65. The fourth-order valence-corrected chi connectivity index (χ4v) is 2.75. The van der Waals surface area contributed by atoms with Crippen molar-refractivity contribution in [3.8, 4) is 0 Å². The predicted molar refractivity (Wildman–Crippen MR) is 83.5 cm³/mol. The first kappa shape index (κ1) is 14.8. The zero-order chi connectivity index (χ0) is 15.5. The lowest BCUT2D eigenvalue weighted by Crippen LogP contribution is -2.40. The van der Waals surface area contributed by atoms with Gasteiger partial charge in [-0.05, 0) is 22.8 Å². The Hall–Kier alpha value is -2.11. The zero-order valence-corrected chi connectivity index (χ0v) is 12.5. The smallest absolute Gasteiger partial charge is 0.315 e. The van der Waals surface area contributed by atoms with Gasteiger partial charge in [-0.25, -0.2) is 9.78 Å². The lowest BCUT2D eigenvalue weighted by atomic mass is 10.1. The molecular weight excluding hydrogens is 302 g/mol. The van der Waals surface area contributed by atoms with Gasteiger partial charge in [-0.2, -0.15) is 0 Å². The number of benzene rings is 1. The van der Waals surface area contributed by atoms with Crippen LogP contribution in [0.3, 0.4) is 0 Å². The Bertz CT molecular complexity index is 675. The number of halogens is 1. The van der Waals surface area contributed by atoms with Crippen LogP contribution < -0.4 is 10.6 Å². The SMILES string of the molecule is O=C(NCc1ccc(Cl)nc1)N[C@@H]1c2ccccc2C[C@@H]1O. The van der Waals surface area contributed by atoms with Crippen LogP contribution in [0.1, 0.15) is 22.7 Å². The van der Waals surface area contributed by atoms with E-state index < -0.39 is 6.10 Å². The third-order valence-electron chi connectivity index (χ3n) is 3.73. The van der Waals surface area contributed by atoms with E-state index in [-0.39, 0.29) is 12.1 Å². The van der Waals surface area contributed by atoms with Crippen molar-refractivity contribution in [3.05, 3.63) is 64.4 Å². The normalized spacial score (nSPS) is 19.5. The largest absolute Gasteiger partial charge is 0.390 e. The van der Waals surface area contributed by atoms with Gasteiger partial charge >= 0.3 is 6.03 Å². The van der Waals surface area contributed by atoms with E-state index in [0.717, 1.165) is 16.7 Å². The number of rotatable bonds is 3. The summed E-state index contributed by atoms with van der Waals surface area (Å²) >= 11 is 5.71. The number of urea groups is 1. The van der Waals surface area contributed by atoms with Crippen LogP contribution in [0.2, 0.25) is 5.15 Å². The molecule has 1 heterocycles. The lowest BCUT2D eigenvalue weighted by molar-refractivity contribution is 0.142. The van der Waals surface area contributed by atoms with Gasteiger partial charge in [0.25, 0.3) is 0 Å². The van der Waals surface area contributed by atoms with Gasteiger partial charge in [0.2, 0.25) is 0 Å². The summed E-state index contributed by atoms with van der Waals surface area (Å²) in [7, 11) is 0. The predicted octanol–water partition coefficient (Wildman–Crippen LogP) is 2.19. The number of pyridine rings is 1. The minimum absolute atomic E-state index is 0.323. The van der Waals surface area contributed by atoms with Gasteiger partial charge in [0.1, 0.15) is 5.15 Å². The number of aliphatic hydroxyl groups excluding tert-OH is 1. The molecule has 1 aliphatic rings. The monoisotopic (exact) mass is 317 g/mol. The van der Waals surface area contributed by atoms with Gasteiger partial charge < -0.3 is 15.7 Å². The molecule has 0 spiro atoms. The molecule has 2 aromatic rings. The van der Waals surface area contributed by atoms with Crippen molar-refractivity contribution in [2.45, 2.75) is 25.1 Å². The van der Waals surface area contributed by atoms with E-state index in [1.807, 2.05) is 24.3 Å². The number of carbonyl (C=O) groups is 1. The standard InChI is InChI=1S/C16H16ClN3O2/c17-14-6-5-10(8-18-14)9-19-16(22)20-15-12-4-2-1-3-11(12)7-13(15)21/h1-6,8,13,15,21H,7,9H2,(H2,19,20,22)/t13-,15+/m0/s1. The summed E-state index contributed by atoms with van der Waals surface area (Å²) in [6.45, 7) is 0.348. The number of amides is 2. The summed E-state index contributed by atoms with van der Waals surface area (Å²) < 4.78 is 0.